The highest BCUT2D eigenvalue weighted by Crippen LogP contribution is 2.30. The standard InChI is InChI=1S/C23H30FN3O3/c1-15(18-7-9-22(20(24)12-18)30-14-16-4-5-16)27-23(25-2)26-11-10-17-6-8-19(29-3)13-21(17)28/h6-9,12-13,15-16,28H,4-5,10-11,14H2,1-3H3,(H2,25,26,27). The van der Waals surface area contributed by atoms with Crippen LogP contribution in [0.2, 0.25) is 0 Å². The van der Waals surface area contributed by atoms with Gasteiger partial charge in [-0.2, -0.15) is 0 Å². The van der Waals surface area contributed by atoms with E-state index in [1.807, 2.05) is 25.1 Å². The third-order valence-corrected chi connectivity index (χ3v) is 5.18. The molecule has 30 heavy (non-hydrogen) atoms. The maximum Gasteiger partial charge on any atom is 0.191 e. The summed E-state index contributed by atoms with van der Waals surface area (Å²) >= 11 is 0. The van der Waals surface area contributed by atoms with Crippen molar-refractivity contribution in [3.05, 3.63) is 53.3 Å². The van der Waals surface area contributed by atoms with Crippen LogP contribution in [0, 0.1) is 11.7 Å². The van der Waals surface area contributed by atoms with Crippen LogP contribution in [0.5, 0.6) is 17.2 Å². The molecular weight excluding hydrogens is 385 g/mol. The van der Waals surface area contributed by atoms with Crippen molar-refractivity contribution in [2.24, 2.45) is 10.9 Å². The van der Waals surface area contributed by atoms with Gasteiger partial charge in [-0.25, -0.2) is 4.39 Å². The summed E-state index contributed by atoms with van der Waals surface area (Å²) in [5, 5.41) is 16.5. The number of halogens is 1. The van der Waals surface area contributed by atoms with Gasteiger partial charge in [-0.1, -0.05) is 12.1 Å². The Balaban J connectivity index is 1.50. The predicted octanol–water partition coefficient (Wildman–Crippen LogP) is 3.80. The summed E-state index contributed by atoms with van der Waals surface area (Å²) in [5.41, 5.74) is 1.62. The van der Waals surface area contributed by atoms with Gasteiger partial charge in [0.05, 0.1) is 19.8 Å². The number of phenols is 1. The van der Waals surface area contributed by atoms with E-state index < -0.39 is 0 Å². The molecule has 3 N–H and O–H groups in total. The maximum atomic E-state index is 14.4. The van der Waals surface area contributed by atoms with Gasteiger partial charge >= 0.3 is 0 Å². The van der Waals surface area contributed by atoms with E-state index >= 15 is 0 Å². The van der Waals surface area contributed by atoms with Crippen LogP contribution in [-0.4, -0.2) is 38.4 Å². The number of hydrogen-bond donors (Lipinski definition) is 3. The number of methoxy groups -OCH3 is 1. The Morgan fingerprint density at radius 1 is 1.27 bits per heavy atom. The van der Waals surface area contributed by atoms with E-state index in [9.17, 15) is 9.50 Å². The molecule has 6 nitrogen and oxygen atoms in total. The summed E-state index contributed by atoms with van der Waals surface area (Å²) in [5.74, 6) is 1.96. The van der Waals surface area contributed by atoms with Gasteiger partial charge in [-0.3, -0.25) is 4.99 Å². The summed E-state index contributed by atoms with van der Waals surface area (Å²) in [6, 6.07) is 10.2. The number of benzene rings is 2. The molecule has 0 aromatic heterocycles. The number of rotatable bonds is 9. The zero-order valence-electron chi connectivity index (χ0n) is 17.7. The molecule has 0 radical (unpaired) electrons. The maximum absolute atomic E-state index is 14.4. The lowest BCUT2D eigenvalue weighted by Crippen LogP contribution is -2.39. The van der Waals surface area contributed by atoms with Crippen molar-refractivity contribution >= 4 is 5.96 Å². The lowest BCUT2D eigenvalue weighted by molar-refractivity contribution is 0.285. The van der Waals surface area contributed by atoms with Gasteiger partial charge in [0.25, 0.3) is 0 Å². The Bertz CT molecular complexity index is 884. The van der Waals surface area contributed by atoms with Crippen LogP contribution in [0.25, 0.3) is 0 Å². The normalized spacial score (nSPS) is 14.9. The molecule has 1 unspecified atom stereocenters. The summed E-state index contributed by atoms with van der Waals surface area (Å²) in [7, 11) is 3.25. The average Bonchev–Trinajstić information content (AvgIpc) is 3.57. The topological polar surface area (TPSA) is 75.1 Å². The van der Waals surface area contributed by atoms with E-state index in [4.69, 9.17) is 9.47 Å². The van der Waals surface area contributed by atoms with Crippen LogP contribution in [0.4, 0.5) is 4.39 Å². The lowest BCUT2D eigenvalue weighted by Gasteiger charge is -2.19. The predicted molar refractivity (Wildman–Crippen MR) is 116 cm³/mol. The molecule has 1 atom stereocenters. The number of phenolic OH excluding ortho intramolecular Hbond substituents is 1. The van der Waals surface area contributed by atoms with Gasteiger partial charge in [0, 0.05) is 19.7 Å². The summed E-state index contributed by atoms with van der Waals surface area (Å²) in [6.07, 6.45) is 2.96. The third-order valence-electron chi connectivity index (χ3n) is 5.18. The van der Waals surface area contributed by atoms with Crippen molar-refractivity contribution in [1.82, 2.24) is 10.6 Å². The van der Waals surface area contributed by atoms with Crippen LogP contribution in [0.1, 0.15) is 36.9 Å². The van der Waals surface area contributed by atoms with Crippen LogP contribution in [-0.2, 0) is 6.42 Å². The first kappa shape index (κ1) is 21.7. The number of hydrogen-bond acceptors (Lipinski definition) is 4. The van der Waals surface area contributed by atoms with Crippen LogP contribution in [0.3, 0.4) is 0 Å². The van der Waals surface area contributed by atoms with Crippen molar-refractivity contribution in [3.8, 4) is 17.2 Å². The molecule has 1 fully saturated rings. The highest BCUT2D eigenvalue weighted by molar-refractivity contribution is 5.80. The Hall–Kier alpha value is -2.96. The monoisotopic (exact) mass is 415 g/mol. The molecule has 1 saturated carbocycles. The number of aromatic hydroxyl groups is 1. The first-order valence-corrected chi connectivity index (χ1v) is 10.3. The average molecular weight is 416 g/mol. The quantitative estimate of drug-likeness (QED) is 0.429. The second-order valence-electron chi connectivity index (χ2n) is 7.55. The Morgan fingerprint density at radius 3 is 2.70 bits per heavy atom. The zero-order valence-corrected chi connectivity index (χ0v) is 17.7. The van der Waals surface area contributed by atoms with Crippen molar-refractivity contribution in [1.29, 1.82) is 0 Å². The molecule has 1 aliphatic carbocycles. The van der Waals surface area contributed by atoms with E-state index in [1.54, 1.807) is 26.3 Å². The smallest absolute Gasteiger partial charge is 0.191 e. The van der Waals surface area contributed by atoms with Gasteiger partial charge in [0.2, 0.25) is 0 Å². The second kappa shape index (κ2) is 10.2. The summed E-state index contributed by atoms with van der Waals surface area (Å²) in [6.45, 7) is 3.11. The Kier molecular flexibility index (Phi) is 7.38. The SMILES string of the molecule is CN=C(NCCc1ccc(OC)cc1O)NC(C)c1ccc(OCC2CC2)c(F)c1. The Morgan fingerprint density at radius 2 is 2.07 bits per heavy atom. The molecule has 0 spiro atoms. The molecule has 0 amide bonds. The van der Waals surface area contributed by atoms with Crippen LogP contribution in [0.15, 0.2) is 41.4 Å². The van der Waals surface area contributed by atoms with E-state index in [-0.39, 0.29) is 17.6 Å². The minimum absolute atomic E-state index is 0.141. The molecule has 1 aliphatic rings. The molecule has 162 valence electrons. The van der Waals surface area contributed by atoms with Crippen molar-refractivity contribution in [3.63, 3.8) is 0 Å². The summed E-state index contributed by atoms with van der Waals surface area (Å²) in [4.78, 5) is 4.22. The first-order chi connectivity index (χ1) is 14.5. The van der Waals surface area contributed by atoms with Gasteiger partial charge < -0.3 is 25.2 Å². The van der Waals surface area contributed by atoms with E-state index in [2.05, 4.69) is 15.6 Å². The minimum Gasteiger partial charge on any atom is -0.508 e. The molecule has 2 aromatic carbocycles. The number of ether oxygens (including phenoxy) is 2. The highest BCUT2D eigenvalue weighted by atomic mass is 19.1. The molecule has 2 aromatic rings. The summed E-state index contributed by atoms with van der Waals surface area (Å²) < 4.78 is 25.0. The highest BCUT2D eigenvalue weighted by Gasteiger charge is 2.22. The number of aliphatic imine (C=N–C) groups is 1. The third kappa shape index (κ3) is 6.02. The molecular formula is C23H30FN3O3. The van der Waals surface area contributed by atoms with E-state index in [0.29, 0.717) is 42.9 Å². The molecule has 0 bridgehead atoms. The fourth-order valence-electron chi connectivity index (χ4n) is 3.08. The fraction of sp³-hybridized carbons (Fsp3) is 0.435. The molecule has 7 heteroatoms. The number of nitrogens with zero attached hydrogens (tertiary/aromatic N) is 1. The van der Waals surface area contributed by atoms with Crippen molar-refractivity contribution in [2.45, 2.75) is 32.2 Å². The van der Waals surface area contributed by atoms with Crippen molar-refractivity contribution < 1.29 is 19.0 Å². The fourth-order valence-corrected chi connectivity index (χ4v) is 3.08. The minimum atomic E-state index is -0.347. The number of guanidine groups is 1. The lowest BCUT2D eigenvalue weighted by atomic mass is 10.1. The van der Waals surface area contributed by atoms with Gasteiger partial charge in [-0.15, -0.1) is 0 Å². The van der Waals surface area contributed by atoms with Gasteiger partial charge in [0.1, 0.15) is 11.5 Å². The molecule has 0 aliphatic heterocycles. The molecule has 0 saturated heterocycles. The molecule has 3 rings (SSSR count). The van der Waals surface area contributed by atoms with Gasteiger partial charge in [0.15, 0.2) is 17.5 Å². The zero-order chi connectivity index (χ0) is 21.5. The van der Waals surface area contributed by atoms with E-state index in [1.165, 1.54) is 18.9 Å². The Labute approximate surface area is 177 Å². The second-order valence-corrected chi connectivity index (χ2v) is 7.55. The first-order valence-electron chi connectivity index (χ1n) is 10.3. The van der Waals surface area contributed by atoms with E-state index in [0.717, 1.165) is 11.1 Å². The molecule has 0 heterocycles. The van der Waals surface area contributed by atoms with Crippen LogP contribution >= 0.6 is 0 Å². The number of nitrogens with one attached hydrogen (secondary N) is 2. The van der Waals surface area contributed by atoms with Gasteiger partial charge in [-0.05, 0) is 61.4 Å². The van der Waals surface area contributed by atoms with Crippen molar-refractivity contribution in [2.75, 3.05) is 27.3 Å². The largest absolute Gasteiger partial charge is 0.508 e. The van der Waals surface area contributed by atoms with Crippen LogP contribution < -0.4 is 20.1 Å².